The second-order valence-electron chi connectivity index (χ2n) is 21.6. The molecule has 0 spiro atoms. The molecule has 0 aromatic rings. The van der Waals surface area contributed by atoms with Crippen LogP contribution in [0.15, 0.2) is 146 Å². The quantitative estimate of drug-likeness (QED) is 0.0261. The molecule has 0 aliphatic heterocycles. The largest absolute Gasteiger partial charge is 0.462 e. The Hall–Kier alpha value is -4.71. The first kappa shape index (κ1) is 76.3. The maximum atomic E-state index is 12.9. The van der Waals surface area contributed by atoms with Crippen molar-refractivity contribution in [2.75, 3.05) is 13.2 Å². The van der Waals surface area contributed by atoms with Gasteiger partial charge in [0.05, 0.1) is 0 Å². The highest BCUT2D eigenvalue weighted by molar-refractivity contribution is 5.71. The number of unbranched alkanes of at least 4 members (excludes halogenated alkanes) is 24. The molecule has 0 saturated heterocycles. The van der Waals surface area contributed by atoms with E-state index in [1.54, 1.807) is 0 Å². The number of esters is 3. The Bertz CT molecular complexity index is 1760. The van der Waals surface area contributed by atoms with Crippen molar-refractivity contribution >= 4 is 17.9 Å². The first-order valence-corrected chi connectivity index (χ1v) is 33.3. The Labute approximate surface area is 499 Å². The van der Waals surface area contributed by atoms with Gasteiger partial charge in [0.25, 0.3) is 0 Å². The molecule has 0 heterocycles. The fourth-order valence-corrected chi connectivity index (χ4v) is 8.85. The van der Waals surface area contributed by atoms with Gasteiger partial charge in [0, 0.05) is 19.3 Å². The summed E-state index contributed by atoms with van der Waals surface area (Å²) in [5.41, 5.74) is 0. The molecule has 0 fully saturated rings. The van der Waals surface area contributed by atoms with Crippen LogP contribution in [-0.2, 0) is 28.6 Å². The molecule has 0 aliphatic rings. The first-order chi connectivity index (χ1) is 40.0. The molecule has 0 rings (SSSR count). The summed E-state index contributed by atoms with van der Waals surface area (Å²) in [5, 5.41) is 0. The van der Waals surface area contributed by atoms with Crippen LogP contribution in [0.5, 0.6) is 0 Å². The minimum Gasteiger partial charge on any atom is -0.462 e. The summed E-state index contributed by atoms with van der Waals surface area (Å²) in [4.78, 5) is 38.2. The molecular weight excluding hydrogens is 997 g/mol. The highest BCUT2D eigenvalue weighted by atomic mass is 16.6. The minimum atomic E-state index is -0.797. The molecule has 0 amide bonds. The zero-order valence-corrected chi connectivity index (χ0v) is 52.5. The molecule has 0 aromatic carbocycles. The van der Waals surface area contributed by atoms with Gasteiger partial charge in [-0.3, -0.25) is 14.4 Å². The Balaban J connectivity index is 4.31. The highest BCUT2D eigenvalue weighted by Gasteiger charge is 2.19. The van der Waals surface area contributed by atoms with Crippen LogP contribution in [0.1, 0.15) is 290 Å². The predicted octanol–water partition coefficient (Wildman–Crippen LogP) is 23.1. The van der Waals surface area contributed by atoms with E-state index in [1.165, 1.54) is 103 Å². The third kappa shape index (κ3) is 66.0. The third-order valence-electron chi connectivity index (χ3n) is 13.8. The lowest BCUT2D eigenvalue weighted by atomic mass is 10.1. The van der Waals surface area contributed by atoms with E-state index in [4.69, 9.17) is 14.2 Å². The van der Waals surface area contributed by atoms with Gasteiger partial charge in [0.2, 0.25) is 0 Å². The van der Waals surface area contributed by atoms with E-state index < -0.39 is 6.10 Å². The van der Waals surface area contributed by atoms with Gasteiger partial charge in [-0.15, -0.1) is 0 Å². The van der Waals surface area contributed by atoms with Crippen LogP contribution in [0.2, 0.25) is 0 Å². The molecule has 0 N–H and O–H groups in total. The van der Waals surface area contributed by atoms with Crippen LogP contribution >= 0.6 is 0 Å². The van der Waals surface area contributed by atoms with Gasteiger partial charge < -0.3 is 14.2 Å². The van der Waals surface area contributed by atoms with E-state index in [-0.39, 0.29) is 31.1 Å². The van der Waals surface area contributed by atoms with Crippen LogP contribution in [0.25, 0.3) is 0 Å². The molecule has 0 radical (unpaired) electrons. The summed E-state index contributed by atoms with van der Waals surface area (Å²) in [6, 6.07) is 0. The number of ether oxygens (including phenoxy) is 3. The summed E-state index contributed by atoms with van der Waals surface area (Å²) in [6.45, 7) is 6.47. The monoisotopic (exact) mass is 1120 g/mol. The number of rotatable bonds is 59. The number of hydrogen-bond acceptors (Lipinski definition) is 6. The molecule has 0 saturated carbocycles. The number of carbonyl (C=O) groups excluding carboxylic acids is 3. The zero-order valence-electron chi connectivity index (χ0n) is 52.5. The molecule has 81 heavy (non-hydrogen) atoms. The highest BCUT2D eigenvalue weighted by Crippen LogP contribution is 2.15. The molecule has 1 atom stereocenters. The van der Waals surface area contributed by atoms with Crippen molar-refractivity contribution in [3.05, 3.63) is 146 Å². The Morgan fingerprint density at radius 2 is 0.481 bits per heavy atom. The van der Waals surface area contributed by atoms with E-state index in [9.17, 15) is 14.4 Å². The third-order valence-corrected chi connectivity index (χ3v) is 13.8. The van der Waals surface area contributed by atoms with Crippen LogP contribution in [0, 0.1) is 0 Å². The second kappa shape index (κ2) is 67.8. The zero-order chi connectivity index (χ0) is 58.5. The van der Waals surface area contributed by atoms with E-state index in [0.29, 0.717) is 19.3 Å². The molecule has 0 bridgehead atoms. The Morgan fingerprint density at radius 3 is 0.778 bits per heavy atom. The van der Waals surface area contributed by atoms with Crippen molar-refractivity contribution in [1.82, 2.24) is 0 Å². The van der Waals surface area contributed by atoms with Gasteiger partial charge in [0.1, 0.15) is 13.2 Å². The topological polar surface area (TPSA) is 78.9 Å². The molecule has 458 valence electrons. The first-order valence-electron chi connectivity index (χ1n) is 33.3. The minimum absolute atomic E-state index is 0.0910. The van der Waals surface area contributed by atoms with E-state index >= 15 is 0 Å². The average molecular weight is 1120 g/mol. The van der Waals surface area contributed by atoms with Crippen molar-refractivity contribution in [1.29, 1.82) is 0 Å². The summed E-state index contributed by atoms with van der Waals surface area (Å²) < 4.78 is 16.9. The summed E-state index contributed by atoms with van der Waals surface area (Å²) in [7, 11) is 0. The molecule has 6 nitrogen and oxygen atoms in total. The van der Waals surface area contributed by atoms with Gasteiger partial charge >= 0.3 is 17.9 Å². The molecule has 1 unspecified atom stereocenters. The normalized spacial score (nSPS) is 13.1. The smallest absolute Gasteiger partial charge is 0.306 e. The van der Waals surface area contributed by atoms with Crippen molar-refractivity contribution in [3.8, 4) is 0 Å². The molecule has 0 aromatic heterocycles. The van der Waals surface area contributed by atoms with Crippen LogP contribution < -0.4 is 0 Å². The summed E-state index contributed by atoms with van der Waals surface area (Å²) >= 11 is 0. The average Bonchev–Trinajstić information content (AvgIpc) is 3.47. The van der Waals surface area contributed by atoms with E-state index in [1.807, 2.05) is 0 Å². The number of carbonyl (C=O) groups is 3. The van der Waals surface area contributed by atoms with Gasteiger partial charge in [-0.2, -0.15) is 0 Å². The fraction of sp³-hybridized carbons (Fsp3) is 0.640. The molecule has 6 heteroatoms. The summed E-state index contributed by atoms with van der Waals surface area (Å²) in [5.74, 6) is -0.924. The number of allylic oxidation sites excluding steroid dienone is 24. The maximum absolute atomic E-state index is 12.9. The van der Waals surface area contributed by atoms with Gasteiger partial charge in [-0.1, -0.05) is 289 Å². The number of hydrogen-bond donors (Lipinski definition) is 0. The lowest BCUT2D eigenvalue weighted by molar-refractivity contribution is -0.167. The van der Waals surface area contributed by atoms with Gasteiger partial charge in [-0.25, -0.2) is 0 Å². The Kier molecular flexibility index (Phi) is 63.9. The van der Waals surface area contributed by atoms with Crippen LogP contribution in [0.4, 0.5) is 0 Å². The standard InChI is InChI=1S/C75H122O6/c1-4-7-10-13-16-19-22-24-26-28-29-30-31-32-33-34-35-36-37-38-39-40-41-42-43-44-45-47-48-50-53-56-59-62-65-68-74(77)80-71-72(70-79-73(76)67-64-61-58-55-52-21-18-15-12-9-6-3)81-75(78)69-66-63-60-57-54-51-49-46-27-25-23-20-17-14-11-8-5-2/h7,10,16-17,19-20,24-27,29-30,32-33,35-36,38-39,41-42,44-45,48,50,72H,4-6,8-9,11-15,18,21-23,28,31,34,37,40,43,46-47,49,51-71H2,1-3H3/b10-7-,19-16-,20-17-,26-24-,27-25-,30-29-,33-32-,36-35-,39-38-,42-41-,45-44-,50-48-. The van der Waals surface area contributed by atoms with Gasteiger partial charge in [0.15, 0.2) is 6.10 Å². The van der Waals surface area contributed by atoms with Crippen molar-refractivity contribution in [2.24, 2.45) is 0 Å². The summed E-state index contributed by atoms with van der Waals surface area (Å²) in [6.07, 6.45) is 97.2. The molecule has 0 aliphatic carbocycles. The van der Waals surface area contributed by atoms with Crippen molar-refractivity contribution < 1.29 is 28.6 Å². The van der Waals surface area contributed by atoms with Gasteiger partial charge in [-0.05, 0) is 128 Å². The van der Waals surface area contributed by atoms with E-state index in [2.05, 4.69) is 167 Å². The fourth-order valence-electron chi connectivity index (χ4n) is 8.85. The van der Waals surface area contributed by atoms with Crippen molar-refractivity contribution in [2.45, 2.75) is 297 Å². The maximum Gasteiger partial charge on any atom is 0.306 e. The van der Waals surface area contributed by atoms with Crippen LogP contribution in [-0.4, -0.2) is 37.2 Å². The van der Waals surface area contributed by atoms with Crippen molar-refractivity contribution in [3.63, 3.8) is 0 Å². The predicted molar refractivity (Wildman–Crippen MR) is 352 cm³/mol. The van der Waals surface area contributed by atoms with Crippen LogP contribution in [0.3, 0.4) is 0 Å². The van der Waals surface area contributed by atoms with E-state index in [0.717, 1.165) is 148 Å². The Morgan fingerprint density at radius 1 is 0.259 bits per heavy atom. The molecular formula is C75H122O6. The SMILES string of the molecule is CC/C=C\C/C=C\C/C=C\C/C=C\C/C=C\C/C=C\C/C=C\C/C=C\C/C=C\C/C=C\CCCCCCC(=O)OCC(COC(=O)CCCCCCCCCCCCC)OC(=O)CCCCCCCCC/C=C\C/C=C\CCCCC. The lowest BCUT2D eigenvalue weighted by Gasteiger charge is -2.18. The second-order valence-corrected chi connectivity index (χ2v) is 21.6. The lowest BCUT2D eigenvalue weighted by Crippen LogP contribution is -2.30.